The number of anilines is 1. The van der Waals surface area contributed by atoms with Gasteiger partial charge in [0, 0.05) is 17.3 Å². The third-order valence-electron chi connectivity index (χ3n) is 3.29. The van der Waals surface area contributed by atoms with Crippen molar-refractivity contribution in [3.8, 4) is 0 Å². The predicted molar refractivity (Wildman–Crippen MR) is 88.4 cm³/mol. The van der Waals surface area contributed by atoms with Crippen molar-refractivity contribution in [2.45, 2.75) is 20.3 Å². The normalized spacial score (nSPS) is 10.4. The number of hydroxylamine groups is 1. The first-order valence-corrected chi connectivity index (χ1v) is 7.19. The summed E-state index contributed by atoms with van der Waals surface area (Å²) >= 11 is 0. The van der Waals surface area contributed by atoms with Crippen LogP contribution in [0.15, 0.2) is 53.3 Å². The molecule has 0 unspecified atom stereocenters. The minimum absolute atomic E-state index is 0.218. The molecule has 0 aliphatic heterocycles. The summed E-state index contributed by atoms with van der Waals surface area (Å²) in [6, 6.07) is 15.8. The van der Waals surface area contributed by atoms with Gasteiger partial charge in [-0.05, 0) is 31.0 Å². The van der Waals surface area contributed by atoms with Crippen molar-refractivity contribution in [2.75, 3.05) is 18.7 Å². The first-order chi connectivity index (χ1) is 10.2. The van der Waals surface area contributed by atoms with E-state index in [0.29, 0.717) is 0 Å². The van der Waals surface area contributed by atoms with Gasteiger partial charge in [0.25, 0.3) is 0 Å². The maximum atomic E-state index is 10.5. The van der Waals surface area contributed by atoms with Crippen molar-refractivity contribution in [3.05, 3.63) is 64.3 Å². The van der Waals surface area contributed by atoms with Crippen LogP contribution in [0.3, 0.4) is 0 Å². The molecule has 0 saturated heterocycles. The van der Waals surface area contributed by atoms with Crippen LogP contribution in [0, 0.1) is 6.92 Å². The molecule has 110 valence electrons. The van der Waals surface area contributed by atoms with Crippen molar-refractivity contribution in [1.82, 2.24) is 0 Å². The van der Waals surface area contributed by atoms with Gasteiger partial charge in [0.1, 0.15) is 0 Å². The molecule has 0 bridgehead atoms. The lowest BCUT2D eigenvalue weighted by molar-refractivity contribution is 0.167. The van der Waals surface area contributed by atoms with Crippen LogP contribution in [-0.4, -0.2) is 13.7 Å². The molecule has 3 aromatic rings. The van der Waals surface area contributed by atoms with Crippen LogP contribution in [0.25, 0.3) is 10.8 Å². The highest BCUT2D eigenvalue weighted by atomic mass is 16.7. The smallest absolute Gasteiger partial charge is 0.194 e. The molecule has 0 aromatic heterocycles. The lowest BCUT2D eigenvalue weighted by Crippen LogP contribution is -2.22. The molecule has 3 rings (SSSR count). The summed E-state index contributed by atoms with van der Waals surface area (Å²) in [5.41, 5.74) is 2.61. The summed E-state index contributed by atoms with van der Waals surface area (Å²) in [4.78, 5) is 15.8. The SMILES string of the molecule is CCCN(OC)c1cccc(C)c1.O=c1c2ccccc12. The summed E-state index contributed by atoms with van der Waals surface area (Å²) in [6.07, 6.45) is 1.09. The Bertz CT molecular complexity index is 680. The molecule has 0 atom stereocenters. The van der Waals surface area contributed by atoms with Crippen LogP contribution in [0.5, 0.6) is 0 Å². The predicted octanol–water partition coefficient (Wildman–Crippen LogP) is 3.85. The number of hydrogen-bond donors (Lipinski definition) is 0. The molecule has 3 heteroatoms. The van der Waals surface area contributed by atoms with Crippen LogP contribution < -0.4 is 10.5 Å². The maximum Gasteiger partial charge on any atom is 0.194 e. The van der Waals surface area contributed by atoms with Crippen LogP contribution in [-0.2, 0) is 4.84 Å². The van der Waals surface area contributed by atoms with E-state index in [0.717, 1.165) is 29.4 Å². The first-order valence-electron chi connectivity index (χ1n) is 7.19. The maximum absolute atomic E-state index is 10.5. The van der Waals surface area contributed by atoms with Crippen molar-refractivity contribution in [3.63, 3.8) is 0 Å². The molecule has 0 aliphatic rings. The Balaban J connectivity index is 0.000000170. The summed E-state index contributed by atoms with van der Waals surface area (Å²) in [5.74, 6) is 0. The van der Waals surface area contributed by atoms with Gasteiger partial charge >= 0.3 is 0 Å². The molecule has 0 fully saturated rings. The summed E-state index contributed by atoms with van der Waals surface area (Å²) in [6.45, 7) is 5.16. The number of nitrogens with zero attached hydrogens (tertiary/aromatic N) is 1. The summed E-state index contributed by atoms with van der Waals surface area (Å²) in [7, 11) is 1.71. The molecule has 0 N–H and O–H groups in total. The third-order valence-corrected chi connectivity index (χ3v) is 3.29. The van der Waals surface area contributed by atoms with E-state index >= 15 is 0 Å². The molecule has 0 spiro atoms. The lowest BCUT2D eigenvalue weighted by Gasteiger charge is -2.21. The summed E-state index contributed by atoms with van der Waals surface area (Å²) < 4.78 is 0. The highest BCUT2D eigenvalue weighted by Crippen LogP contribution is 2.15. The van der Waals surface area contributed by atoms with E-state index in [2.05, 4.69) is 32.0 Å². The molecule has 3 nitrogen and oxygen atoms in total. The van der Waals surface area contributed by atoms with Gasteiger partial charge in [-0.3, -0.25) is 14.7 Å². The van der Waals surface area contributed by atoms with Crippen LogP contribution >= 0.6 is 0 Å². The number of aryl methyl sites for hydroxylation is 1. The number of rotatable bonds is 4. The van der Waals surface area contributed by atoms with Crippen molar-refractivity contribution in [2.24, 2.45) is 0 Å². The second kappa shape index (κ2) is 7.04. The van der Waals surface area contributed by atoms with E-state index in [4.69, 9.17) is 4.84 Å². The Hall–Kier alpha value is -2.13. The molecular weight excluding hydrogens is 262 g/mol. The van der Waals surface area contributed by atoms with E-state index in [1.165, 1.54) is 5.56 Å². The fraction of sp³-hybridized carbons (Fsp3) is 0.278. The molecule has 0 heterocycles. The molecule has 0 radical (unpaired) electrons. The van der Waals surface area contributed by atoms with E-state index in [-0.39, 0.29) is 5.43 Å². The van der Waals surface area contributed by atoms with Gasteiger partial charge in [0.05, 0.1) is 12.8 Å². The zero-order valence-electron chi connectivity index (χ0n) is 12.8. The molecule has 0 amide bonds. The Morgan fingerprint density at radius 3 is 2.19 bits per heavy atom. The summed E-state index contributed by atoms with van der Waals surface area (Å²) in [5, 5.41) is 3.70. The lowest BCUT2D eigenvalue weighted by atomic mass is 10.2. The zero-order valence-corrected chi connectivity index (χ0v) is 12.8. The van der Waals surface area contributed by atoms with Crippen LogP contribution in [0.4, 0.5) is 5.69 Å². The fourth-order valence-corrected chi connectivity index (χ4v) is 2.14. The van der Waals surface area contributed by atoms with Crippen LogP contribution in [0.2, 0.25) is 0 Å². The topological polar surface area (TPSA) is 29.5 Å². The minimum atomic E-state index is 0.218. The molecule has 0 aliphatic carbocycles. The monoisotopic (exact) mass is 283 g/mol. The second-order valence-corrected chi connectivity index (χ2v) is 5.00. The molecule has 21 heavy (non-hydrogen) atoms. The largest absolute Gasteiger partial charge is 0.289 e. The Labute approximate surface area is 125 Å². The molecule has 3 aromatic carbocycles. The van der Waals surface area contributed by atoms with Crippen LogP contribution in [0.1, 0.15) is 18.9 Å². The van der Waals surface area contributed by atoms with Crippen molar-refractivity contribution in [1.29, 1.82) is 0 Å². The second-order valence-electron chi connectivity index (χ2n) is 5.00. The van der Waals surface area contributed by atoms with Gasteiger partial charge in [-0.15, -0.1) is 0 Å². The fourth-order valence-electron chi connectivity index (χ4n) is 2.14. The van der Waals surface area contributed by atoms with Gasteiger partial charge in [-0.2, -0.15) is 0 Å². The number of hydrogen-bond acceptors (Lipinski definition) is 3. The van der Waals surface area contributed by atoms with E-state index in [1.54, 1.807) is 7.11 Å². The minimum Gasteiger partial charge on any atom is -0.289 e. The van der Waals surface area contributed by atoms with Gasteiger partial charge in [0.2, 0.25) is 0 Å². The molecular formula is C18H21NO2. The average Bonchev–Trinajstić information content (AvgIpc) is 3.17. The van der Waals surface area contributed by atoms with Gasteiger partial charge in [-0.1, -0.05) is 43.3 Å². The van der Waals surface area contributed by atoms with Crippen molar-refractivity contribution < 1.29 is 4.84 Å². The standard InChI is InChI=1S/C11H17NO.C7H4O/c1-4-8-12(13-3)11-7-5-6-10(2)9-11;8-7-5-3-1-2-4-6(5)7/h5-7,9H,4,8H2,1-3H3;1-4H. The quantitative estimate of drug-likeness (QED) is 0.681. The Morgan fingerprint density at radius 2 is 1.71 bits per heavy atom. The van der Waals surface area contributed by atoms with Gasteiger partial charge < -0.3 is 0 Å². The average molecular weight is 283 g/mol. The zero-order chi connectivity index (χ0) is 15.2. The third kappa shape index (κ3) is 3.92. The number of benzene rings is 2. The first kappa shape index (κ1) is 15.3. The van der Waals surface area contributed by atoms with Gasteiger partial charge in [0.15, 0.2) is 5.43 Å². The highest BCUT2D eigenvalue weighted by Gasteiger charge is 2.07. The van der Waals surface area contributed by atoms with E-state index in [9.17, 15) is 4.79 Å². The highest BCUT2D eigenvalue weighted by molar-refractivity contribution is 5.96. The molecule has 0 saturated carbocycles. The Morgan fingerprint density at radius 1 is 1.05 bits per heavy atom. The van der Waals surface area contributed by atoms with Crippen molar-refractivity contribution >= 4 is 16.5 Å². The Kier molecular flexibility index (Phi) is 5.12. The van der Waals surface area contributed by atoms with Gasteiger partial charge in [-0.25, -0.2) is 0 Å². The van der Waals surface area contributed by atoms with E-state index < -0.39 is 0 Å². The van der Waals surface area contributed by atoms with E-state index in [1.807, 2.05) is 35.4 Å². The number of fused-ring (bicyclic) bond motifs is 1.